The van der Waals surface area contributed by atoms with Crippen LogP contribution in [0.1, 0.15) is 12.0 Å². The highest BCUT2D eigenvalue weighted by Crippen LogP contribution is 2.32. The highest BCUT2D eigenvalue weighted by atomic mass is 79.9. The van der Waals surface area contributed by atoms with Crippen molar-refractivity contribution >= 4 is 15.9 Å². The molecule has 0 aliphatic carbocycles. The lowest BCUT2D eigenvalue weighted by atomic mass is 9.80. The zero-order valence-electron chi connectivity index (χ0n) is 8.00. The van der Waals surface area contributed by atoms with Crippen LogP contribution in [-0.4, -0.2) is 19.8 Å². The predicted molar refractivity (Wildman–Crippen MR) is 60.3 cm³/mol. The maximum absolute atomic E-state index is 5.85. The maximum Gasteiger partial charge on any atom is 0.0575 e. The molecule has 1 saturated heterocycles. The Balaban J connectivity index is 2.31. The van der Waals surface area contributed by atoms with Gasteiger partial charge in [0, 0.05) is 23.0 Å². The van der Waals surface area contributed by atoms with Crippen molar-refractivity contribution in [3.8, 4) is 0 Å². The topological polar surface area (TPSA) is 35.2 Å². The first-order chi connectivity index (χ1) is 6.77. The first-order valence-corrected chi connectivity index (χ1v) is 5.60. The van der Waals surface area contributed by atoms with E-state index in [-0.39, 0.29) is 5.41 Å². The molecule has 1 unspecified atom stereocenters. The molecule has 3 heteroatoms. The number of nitrogens with two attached hydrogens (primary N) is 1. The van der Waals surface area contributed by atoms with Crippen molar-refractivity contribution in [3.63, 3.8) is 0 Å². The van der Waals surface area contributed by atoms with Crippen LogP contribution in [-0.2, 0) is 10.2 Å². The van der Waals surface area contributed by atoms with E-state index < -0.39 is 0 Å². The van der Waals surface area contributed by atoms with E-state index in [1.54, 1.807) is 0 Å². The monoisotopic (exact) mass is 255 g/mol. The van der Waals surface area contributed by atoms with Gasteiger partial charge in [0.25, 0.3) is 0 Å². The van der Waals surface area contributed by atoms with Crippen molar-refractivity contribution in [3.05, 3.63) is 34.3 Å². The fourth-order valence-corrected chi connectivity index (χ4v) is 2.18. The predicted octanol–water partition coefficient (Wildman–Crippen LogP) is 2.07. The quantitative estimate of drug-likeness (QED) is 0.879. The average molecular weight is 256 g/mol. The number of rotatable bonds is 2. The molecule has 0 bridgehead atoms. The van der Waals surface area contributed by atoms with Crippen molar-refractivity contribution in [2.75, 3.05) is 19.8 Å². The summed E-state index contributed by atoms with van der Waals surface area (Å²) in [6.07, 6.45) is 1.03. The average Bonchev–Trinajstić information content (AvgIpc) is 2.68. The second kappa shape index (κ2) is 4.01. The Morgan fingerprint density at radius 2 is 2.07 bits per heavy atom. The van der Waals surface area contributed by atoms with E-state index in [4.69, 9.17) is 10.5 Å². The summed E-state index contributed by atoms with van der Waals surface area (Å²) in [5, 5.41) is 0. The highest BCUT2D eigenvalue weighted by Gasteiger charge is 2.35. The van der Waals surface area contributed by atoms with Crippen molar-refractivity contribution in [1.82, 2.24) is 0 Å². The van der Waals surface area contributed by atoms with Gasteiger partial charge in [-0.25, -0.2) is 0 Å². The molecule has 1 fully saturated rings. The zero-order valence-corrected chi connectivity index (χ0v) is 9.59. The molecule has 0 radical (unpaired) electrons. The summed E-state index contributed by atoms with van der Waals surface area (Å²) in [5.74, 6) is 0. The molecule has 1 aliphatic heterocycles. The molecule has 0 saturated carbocycles. The van der Waals surface area contributed by atoms with Crippen molar-refractivity contribution in [1.29, 1.82) is 0 Å². The van der Waals surface area contributed by atoms with E-state index in [2.05, 4.69) is 40.2 Å². The number of hydrogen-bond donors (Lipinski definition) is 1. The molecule has 14 heavy (non-hydrogen) atoms. The van der Waals surface area contributed by atoms with Crippen LogP contribution >= 0.6 is 15.9 Å². The molecule has 76 valence electrons. The highest BCUT2D eigenvalue weighted by molar-refractivity contribution is 9.10. The normalized spacial score (nSPS) is 26.7. The van der Waals surface area contributed by atoms with E-state index in [0.29, 0.717) is 6.54 Å². The third-order valence-corrected chi connectivity index (χ3v) is 3.48. The molecule has 2 rings (SSSR count). The molecule has 2 nitrogen and oxygen atoms in total. The van der Waals surface area contributed by atoms with Gasteiger partial charge >= 0.3 is 0 Å². The van der Waals surface area contributed by atoms with Crippen LogP contribution in [0.5, 0.6) is 0 Å². The number of hydrogen-bond acceptors (Lipinski definition) is 2. The first-order valence-electron chi connectivity index (χ1n) is 4.81. The van der Waals surface area contributed by atoms with E-state index >= 15 is 0 Å². The molecule has 0 amide bonds. The Morgan fingerprint density at radius 1 is 1.36 bits per heavy atom. The van der Waals surface area contributed by atoms with Crippen LogP contribution in [0.15, 0.2) is 28.7 Å². The van der Waals surface area contributed by atoms with Crippen LogP contribution < -0.4 is 5.73 Å². The van der Waals surface area contributed by atoms with Crippen LogP contribution in [0.4, 0.5) is 0 Å². The first kappa shape index (κ1) is 10.1. The minimum absolute atomic E-state index is 0.0562. The second-order valence-electron chi connectivity index (χ2n) is 3.79. The maximum atomic E-state index is 5.85. The van der Waals surface area contributed by atoms with Gasteiger partial charge in [-0.3, -0.25) is 0 Å². The lowest BCUT2D eigenvalue weighted by Gasteiger charge is -2.25. The summed E-state index contributed by atoms with van der Waals surface area (Å²) in [6.45, 7) is 2.24. The molecule has 1 aromatic rings. The fourth-order valence-electron chi connectivity index (χ4n) is 1.92. The van der Waals surface area contributed by atoms with Crippen LogP contribution in [0.3, 0.4) is 0 Å². The molecule has 1 aliphatic rings. The molecule has 2 N–H and O–H groups in total. The Bertz CT molecular complexity index is 304. The van der Waals surface area contributed by atoms with Crippen LogP contribution in [0, 0.1) is 0 Å². The van der Waals surface area contributed by atoms with Crippen molar-refractivity contribution in [2.45, 2.75) is 11.8 Å². The molecule has 1 aromatic carbocycles. The second-order valence-corrected chi connectivity index (χ2v) is 4.71. The van der Waals surface area contributed by atoms with Crippen molar-refractivity contribution in [2.24, 2.45) is 5.73 Å². The van der Waals surface area contributed by atoms with E-state index in [9.17, 15) is 0 Å². The van der Waals surface area contributed by atoms with Gasteiger partial charge in [0.2, 0.25) is 0 Å². The van der Waals surface area contributed by atoms with E-state index in [1.165, 1.54) is 5.56 Å². The van der Waals surface area contributed by atoms with Gasteiger partial charge in [-0.05, 0) is 24.1 Å². The summed E-state index contributed by atoms with van der Waals surface area (Å²) in [5.41, 5.74) is 7.20. The zero-order chi connectivity index (χ0) is 10.0. The van der Waals surface area contributed by atoms with Crippen LogP contribution in [0.25, 0.3) is 0 Å². The summed E-state index contributed by atoms with van der Waals surface area (Å²) in [4.78, 5) is 0. The number of halogens is 1. The largest absolute Gasteiger partial charge is 0.380 e. The SMILES string of the molecule is NCC1(c2ccc(Br)cc2)CCOC1. The smallest absolute Gasteiger partial charge is 0.0575 e. The lowest BCUT2D eigenvalue weighted by Crippen LogP contribution is -2.35. The molecular weight excluding hydrogens is 242 g/mol. The minimum Gasteiger partial charge on any atom is -0.380 e. The fraction of sp³-hybridized carbons (Fsp3) is 0.455. The van der Waals surface area contributed by atoms with Gasteiger partial charge in [-0.2, -0.15) is 0 Å². The summed E-state index contributed by atoms with van der Waals surface area (Å²) < 4.78 is 6.55. The standard InChI is InChI=1S/C11H14BrNO/c12-10-3-1-9(2-4-10)11(7-13)5-6-14-8-11/h1-4H,5-8,13H2. The van der Waals surface area contributed by atoms with Gasteiger partial charge in [-0.1, -0.05) is 28.1 Å². The van der Waals surface area contributed by atoms with Gasteiger partial charge in [0.1, 0.15) is 0 Å². The van der Waals surface area contributed by atoms with Crippen LogP contribution in [0.2, 0.25) is 0 Å². The molecular formula is C11H14BrNO. The third-order valence-electron chi connectivity index (χ3n) is 2.95. The molecule has 1 heterocycles. The Morgan fingerprint density at radius 3 is 2.57 bits per heavy atom. The summed E-state index contributed by atoms with van der Waals surface area (Å²) in [6, 6.07) is 8.38. The number of benzene rings is 1. The minimum atomic E-state index is 0.0562. The molecule has 1 atom stereocenters. The third kappa shape index (κ3) is 1.72. The molecule has 0 spiro atoms. The Kier molecular flexibility index (Phi) is 2.91. The number of ether oxygens (including phenoxy) is 1. The van der Waals surface area contributed by atoms with Gasteiger partial charge in [0.15, 0.2) is 0 Å². The van der Waals surface area contributed by atoms with E-state index in [1.807, 2.05) is 0 Å². The summed E-state index contributed by atoms with van der Waals surface area (Å²) in [7, 11) is 0. The van der Waals surface area contributed by atoms with Gasteiger partial charge in [0.05, 0.1) is 6.61 Å². The van der Waals surface area contributed by atoms with Gasteiger partial charge < -0.3 is 10.5 Å². The lowest BCUT2D eigenvalue weighted by molar-refractivity contribution is 0.178. The Labute approximate surface area is 92.6 Å². The Hall–Kier alpha value is -0.380. The van der Waals surface area contributed by atoms with Crippen molar-refractivity contribution < 1.29 is 4.74 Å². The van der Waals surface area contributed by atoms with E-state index in [0.717, 1.165) is 24.1 Å². The van der Waals surface area contributed by atoms with Gasteiger partial charge in [-0.15, -0.1) is 0 Å². The summed E-state index contributed by atoms with van der Waals surface area (Å²) >= 11 is 3.43. The molecule has 0 aromatic heterocycles.